The molecule has 0 aliphatic heterocycles. The van der Waals surface area contributed by atoms with Gasteiger partial charge in [-0.2, -0.15) is 0 Å². The minimum Gasteiger partial charge on any atom is -0.408 e. The Morgan fingerprint density at radius 3 is 2.94 bits per heavy atom. The largest absolute Gasteiger partial charge is 0.419 e. The van der Waals surface area contributed by atoms with E-state index in [1.165, 1.54) is 10.1 Å². The molecular formula is C12H16N2O2. The third-order valence-electron chi connectivity index (χ3n) is 2.84. The molecule has 0 bridgehead atoms. The number of aromatic nitrogens is 1. The lowest BCUT2D eigenvalue weighted by molar-refractivity contribution is 0.528. The molecule has 2 N–H and O–H groups in total. The fraction of sp³-hybridized carbons (Fsp3) is 0.417. The number of oxazole rings is 1. The molecule has 16 heavy (non-hydrogen) atoms. The Kier molecular flexibility index (Phi) is 2.83. The van der Waals surface area contributed by atoms with Crippen LogP contribution in [0.3, 0.4) is 0 Å². The van der Waals surface area contributed by atoms with Gasteiger partial charge in [0.15, 0.2) is 5.58 Å². The van der Waals surface area contributed by atoms with Crippen LogP contribution in [-0.2, 0) is 13.5 Å². The van der Waals surface area contributed by atoms with Crippen LogP contribution in [0.1, 0.15) is 12.5 Å². The highest BCUT2D eigenvalue weighted by Crippen LogP contribution is 2.16. The van der Waals surface area contributed by atoms with E-state index < -0.39 is 0 Å². The predicted octanol–water partition coefficient (Wildman–Crippen LogP) is 1.27. The van der Waals surface area contributed by atoms with Gasteiger partial charge in [-0.05, 0) is 36.6 Å². The first-order chi connectivity index (χ1) is 7.61. The van der Waals surface area contributed by atoms with Crippen LogP contribution in [0.5, 0.6) is 0 Å². The molecule has 86 valence electrons. The fourth-order valence-electron chi connectivity index (χ4n) is 1.78. The Labute approximate surface area is 93.7 Å². The van der Waals surface area contributed by atoms with E-state index in [1.807, 2.05) is 18.2 Å². The Hall–Kier alpha value is -1.55. The van der Waals surface area contributed by atoms with Gasteiger partial charge in [-0.15, -0.1) is 0 Å². The zero-order valence-electron chi connectivity index (χ0n) is 9.56. The van der Waals surface area contributed by atoms with Gasteiger partial charge in [0.05, 0.1) is 5.52 Å². The van der Waals surface area contributed by atoms with Crippen LogP contribution in [0.2, 0.25) is 0 Å². The maximum atomic E-state index is 11.3. The van der Waals surface area contributed by atoms with Gasteiger partial charge in [-0.1, -0.05) is 13.0 Å². The van der Waals surface area contributed by atoms with Crippen molar-refractivity contribution in [1.82, 2.24) is 4.57 Å². The van der Waals surface area contributed by atoms with Crippen LogP contribution in [-0.4, -0.2) is 11.1 Å². The van der Waals surface area contributed by atoms with Crippen LogP contribution >= 0.6 is 0 Å². The highest BCUT2D eigenvalue weighted by Gasteiger charge is 2.07. The van der Waals surface area contributed by atoms with Gasteiger partial charge in [0.2, 0.25) is 0 Å². The summed E-state index contributed by atoms with van der Waals surface area (Å²) in [7, 11) is 1.71. The molecule has 0 aliphatic rings. The summed E-state index contributed by atoms with van der Waals surface area (Å²) in [6.45, 7) is 2.78. The quantitative estimate of drug-likeness (QED) is 0.847. The van der Waals surface area contributed by atoms with E-state index in [4.69, 9.17) is 10.2 Å². The van der Waals surface area contributed by atoms with E-state index in [1.54, 1.807) is 7.05 Å². The number of hydrogen-bond acceptors (Lipinski definition) is 3. The molecule has 4 heteroatoms. The first-order valence-electron chi connectivity index (χ1n) is 5.40. The van der Waals surface area contributed by atoms with Crippen molar-refractivity contribution < 1.29 is 4.42 Å². The SMILES string of the molecule is CC(CN)Cc1ccc2oc(=O)n(C)c2c1. The van der Waals surface area contributed by atoms with Crippen LogP contribution < -0.4 is 11.5 Å². The molecule has 0 aliphatic carbocycles. The molecule has 1 aromatic heterocycles. The third kappa shape index (κ3) is 1.88. The average molecular weight is 220 g/mol. The van der Waals surface area contributed by atoms with Gasteiger partial charge < -0.3 is 10.2 Å². The van der Waals surface area contributed by atoms with Gasteiger partial charge in [-0.3, -0.25) is 4.57 Å². The standard InChI is InChI=1S/C12H16N2O2/c1-8(7-13)5-9-3-4-11-10(6-9)14(2)12(15)16-11/h3-4,6,8H,5,7,13H2,1-2H3. The van der Waals surface area contributed by atoms with Gasteiger partial charge >= 0.3 is 5.76 Å². The summed E-state index contributed by atoms with van der Waals surface area (Å²) in [6.07, 6.45) is 0.922. The number of fused-ring (bicyclic) bond motifs is 1. The maximum Gasteiger partial charge on any atom is 0.419 e. The zero-order chi connectivity index (χ0) is 11.7. The molecule has 0 spiro atoms. The maximum absolute atomic E-state index is 11.3. The summed E-state index contributed by atoms with van der Waals surface area (Å²) < 4.78 is 6.59. The van der Waals surface area contributed by atoms with Crippen molar-refractivity contribution >= 4 is 11.1 Å². The monoisotopic (exact) mass is 220 g/mol. The number of nitrogens with zero attached hydrogens (tertiary/aromatic N) is 1. The Balaban J connectivity index is 2.43. The molecule has 1 heterocycles. The van der Waals surface area contributed by atoms with Crippen molar-refractivity contribution in [2.45, 2.75) is 13.3 Å². The van der Waals surface area contributed by atoms with E-state index in [-0.39, 0.29) is 5.76 Å². The van der Waals surface area contributed by atoms with E-state index in [9.17, 15) is 4.79 Å². The number of benzene rings is 1. The van der Waals surface area contributed by atoms with E-state index in [2.05, 4.69) is 6.92 Å². The lowest BCUT2D eigenvalue weighted by Gasteiger charge is -2.07. The van der Waals surface area contributed by atoms with E-state index in [0.717, 1.165) is 11.9 Å². The second kappa shape index (κ2) is 4.14. The van der Waals surface area contributed by atoms with Crippen LogP contribution in [0.4, 0.5) is 0 Å². The molecule has 0 radical (unpaired) electrons. The van der Waals surface area contributed by atoms with Crippen molar-refractivity contribution in [2.24, 2.45) is 18.7 Å². The molecule has 1 atom stereocenters. The summed E-state index contributed by atoms with van der Waals surface area (Å²) in [5, 5.41) is 0. The molecule has 0 saturated carbocycles. The van der Waals surface area contributed by atoms with Crippen molar-refractivity contribution in [3.05, 3.63) is 34.3 Å². The van der Waals surface area contributed by atoms with Crippen molar-refractivity contribution in [3.8, 4) is 0 Å². The number of rotatable bonds is 3. The zero-order valence-corrected chi connectivity index (χ0v) is 9.56. The van der Waals surface area contributed by atoms with Crippen molar-refractivity contribution in [1.29, 1.82) is 0 Å². The Bertz CT molecular complexity index is 554. The van der Waals surface area contributed by atoms with E-state index >= 15 is 0 Å². The lowest BCUT2D eigenvalue weighted by atomic mass is 10.0. The average Bonchev–Trinajstić information content (AvgIpc) is 2.55. The first kappa shape index (κ1) is 11.0. The summed E-state index contributed by atoms with van der Waals surface area (Å²) in [6, 6.07) is 5.82. The molecule has 0 amide bonds. The van der Waals surface area contributed by atoms with Gasteiger partial charge in [-0.25, -0.2) is 4.79 Å². The number of nitrogens with two attached hydrogens (primary N) is 1. The van der Waals surface area contributed by atoms with Crippen molar-refractivity contribution in [3.63, 3.8) is 0 Å². The molecule has 0 fully saturated rings. The van der Waals surface area contributed by atoms with Gasteiger partial charge in [0, 0.05) is 7.05 Å². The molecule has 0 saturated heterocycles. The molecule has 1 unspecified atom stereocenters. The first-order valence-corrected chi connectivity index (χ1v) is 5.40. The molecule has 2 rings (SSSR count). The van der Waals surface area contributed by atoms with E-state index in [0.29, 0.717) is 18.0 Å². The number of hydrogen-bond donors (Lipinski definition) is 1. The second-order valence-electron chi connectivity index (χ2n) is 4.27. The molecule has 1 aromatic carbocycles. The molecule has 4 nitrogen and oxygen atoms in total. The summed E-state index contributed by atoms with van der Waals surface area (Å²) in [4.78, 5) is 11.3. The third-order valence-corrected chi connectivity index (χ3v) is 2.84. The summed E-state index contributed by atoms with van der Waals surface area (Å²) in [5.74, 6) is 0.125. The lowest BCUT2D eigenvalue weighted by Crippen LogP contribution is -2.13. The van der Waals surface area contributed by atoms with Crippen LogP contribution in [0.15, 0.2) is 27.4 Å². The highest BCUT2D eigenvalue weighted by molar-refractivity contribution is 5.73. The highest BCUT2D eigenvalue weighted by atomic mass is 16.4. The molecular weight excluding hydrogens is 204 g/mol. The second-order valence-corrected chi connectivity index (χ2v) is 4.27. The normalized spacial score (nSPS) is 13.2. The minimum absolute atomic E-state index is 0.320. The summed E-state index contributed by atoms with van der Waals surface area (Å²) >= 11 is 0. The Morgan fingerprint density at radius 2 is 2.25 bits per heavy atom. The van der Waals surface area contributed by atoms with Crippen LogP contribution in [0, 0.1) is 5.92 Å². The van der Waals surface area contributed by atoms with Crippen molar-refractivity contribution in [2.75, 3.05) is 6.54 Å². The smallest absolute Gasteiger partial charge is 0.408 e. The van der Waals surface area contributed by atoms with Gasteiger partial charge in [0.1, 0.15) is 0 Å². The minimum atomic E-state index is -0.320. The fourth-order valence-corrected chi connectivity index (χ4v) is 1.78. The molecule has 2 aromatic rings. The summed E-state index contributed by atoms with van der Waals surface area (Å²) in [5.41, 5.74) is 8.25. The topological polar surface area (TPSA) is 61.2 Å². The van der Waals surface area contributed by atoms with Gasteiger partial charge in [0.25, 0.3) is 0 Å². The predicted molar refractivity (Wildman–Crippen MR) is 63.4 cm³/mol. The van der Waals surface area contributed by atoms with Crippen LogP contribution in [0.25, 0.3) is 11.1 Å². The number of aryl methyl sites for hydroxylation is 1. The Morgan fingerprint density at radius 1 is 1.50 bits per heavy atom.